The second-order valence-corrected chi connectivity index (χ2v) is 4.54. The van der Waals surface area contributed by atoms with Crippen molar-refractivity contribution in [3.8, 4) is 0 Å². The lowest BCUT2D eigenvalue weighted by Gasteiger charge is -2.02. The summed E-state index contributed by atoms with van der Waals surface area (Å²) in [5.41, 5.74) is 3.92. The van der Waals surface area contributed by atoms with Crippen molar-refractivity contribution in [3.05, 3.63) is 54.1 Å². The molecule has 0 fully saturated rings. The van der Waals surface area contributed by atoms with E-state index in [1.807, 2.05) is 0 Å². The lowest BCUT2D eigenvalue weighted by atomic mass is 10.1. The summed E-state index contributed by atoms with van der Waals surface area (Å²) in [6.07, 6.45) is 4.23. The maximum Gasteiger partial charge on any atom is 0.0491 e. The van der Waals surface area contributed by atoms with Gasteiger partial charge in [0.25, 0.3) is 0 Å². The summed E-state index contributed by atoms with van der Waals surface area (Å²) in [6, 6.07) is 15.3. The summed E-state index contributed by atoms with van der Waals surface area (Å²) >= 11 is 0. The van der Waals surface area contributed by atoms with Crippen LogP contribution in [0.4, 0.5) is 0 Å². The molecular formula is C17H17N. The molecular weight excluding hydrogens is 218 g/mol. The molecule has 0 aliphatic rings. The molecule has 0 spiro atoms. The van der Waals surface area contributed by atoms with Crippen LogP contribution in [-0.2, 0) is 6.54 Å². The zero-order valence-electron chi connectivity index (χ0n) is 10.9. The number of para-hydroxylation sites is 1. The number of aromatic nitrogens is 1. The number of fused-ring (bicyclic) bond motifs is 3. The van der Waals surface area contributed by atoms with Gasteiger partial charge < -0.3 is 4.57 Å². The lowest BCUT2D eigenvalue weighted by Crippen LogP contribution is -1.92. The fourth-order valence-corrected chi connectivity index (χ4v) is 2.71. The molecule has 0 saturated heterocycles. The number of aryl methyl sites for hydroxylation is 1. The van der Waals surface area contributed by atoms with E-state index in [0.29, 0.717) is 0 Å². The van der Waals surface area contributed by atoms with Crippen molar-refractivity contribution in [1.29, 1.82) is 0 Å². The van der Waals surface area contributed by atoms with Crippen LogP contribution < -0.4 is 0 Å². The summed E-state index contributed by atoms with van der Waals surface area (Å²) < 4.78 is 2.38. The standard InChI is InChI=1S/C17H17N/c1-3-7-13-10-11-17-15(12-13)14-8-5-6-9-16(14)18(17)4-2/h3,5-12H,4H2,1-2H3/b7-3+. The van der Waals surface area contributed by atoms with Crippen LogP contribution in [0.3, 0.4) is 0 Å². The van der Waals surface area contributed by atoms with Gasteiger partial charge in [0.15, 0.2) is 0 Å². The first-order chi connectivity index (χ1) is 8.85. The van der Waals surface area contributed by atoms with Gasteiger partial charge >= 0.3 is 0 Å². The van der Waals surface area contributed by atoms with E-state index in [2.05, 4.69) is 73.0 Å². The van der Waals surface area contributed by atoms with E-state index < -0.39 is 0 Å². The Morgan fingerprint density at radius 3 is 2.56 bits per heavy atom. The highest BCUT2D eigenvalue weighted by Crippen LogP contribution is 2.29. The first-order valence-corrected chi connectivity index (χ1v) is 6.49. The molecule has 0 atom stereocenters. The van der Waals surface area contributed by atoms with Gasteiger partial charge in [-0.15, -0.1) is 0 Å². The average molecular weight is 235 g/mol. The molecule has 90 valence electrons. The molecule has 0 bridgehead atoms. The highest BCUT2D eigenvalue weighted by atomic mass is 15.0. The van der Waals surface area contributed by atoms with Crippen molar-refractivity contribution in [2.45, 2.75) is 20.4 Å². The van der Waals surface area contributed by atoms with Gasteiger partial charge in [-0.25, -0.2) is 0 Å². The van der Waals surface area contributed by atoms with Gasteiger partial charge in [-0.3, -0.25) is 0 Å². The molecule has 0 aliphatic carbocycles. The van der Waals surface area contributed by atoms with E-state index >= 15 is 0 Å². The van der Waals surface area contributed by atoms with E-state index in [0.717, 1.165) is 6.54 Å². The van der Waals surface area contributed by atoms with Gasteiger partial charge in [0.2, 0.25) is 0 Å². The van der Waals surface area contributed by atoms with Crippen LogP contribution in [0.25, 0.3) is 27.9 Å². The van der Waals surface area contributed by atoms with Crippen LogP contribution in [0.5, 0.6) is 0 Å². The van der Waals surface area contributed by atoms with Crippen LogP contribution in [0.2, 0.25) is 0 Å². The zero-order valence-corrected chi connectivity index (χ0v) is 10.9. The van der Waals surface area contributed by atoms with Crippen LogP contribution in [-0.4, -0.2) is 4.57 Å². The number of hydrogen-bond donors (Lipinski definition) is 0. The quantitative estimate of drug-likeness (QED) is 0.598. The molecule has 1 aromatic heterocycles. The van der Waals surface area contributed by atoms with Crippen molar-refractivity contribution in [3.63, 3.8) is 0 Å². The third kappa shape index (κ3) is 1.55. The molecule has 0 N–H and O–H groups in total. The minimum atomic E-state index is 1.01. The van der Waals surface area contributed by atoms with Gasteiger partial charge in [-0.2, -0.15) is 0 Å². The maximum atomic E-state index is 2.38. The van der Waals surface area contributed by atoms with Crippen LogP contribution in [0, 0.1) is 0 Å². The predicted octanol–water partition coefficient (Wildman–Crippen LogP) is 4.85. The van der Waals surface area contributed by atoms with Crippen LogP contribution >= 0.6 is 0 Å². The van der Waals surface area contributed by atoms with Crippen molar-refractivity contribution < 1.29 is 0 Å². The van der Waals surface area contributed by atoms with E-state index in [9.17, 15) is 0 Å². The molecule has 0 unspecified atom stereocenters. The molecule has 2 aromatic carbocycles. The molecule has 18 heavy (non-hydrogen) atoms. The van der Waals surface area contributed by atoms with E-state index in [1.54, 1.807) is 0 Å². The number of nitrogens with zero attached hydrogens (tertiary/aromatic N) is 1. The van der Waals surface area contributed by atoms with Gasteiger partial charge in [-0.1, -0.05) is 36.4 Å². The Balaban J connectivity index is 2.44. The smallest absolute Gasteiger partial charge is 0.0491 e. The average Bonchev–Trinajstić information content (AvgIpc) is 2.72. The predicted molar refractivity (Wildman–Crippen MR) is 79.8 cm³/mol. The van der Waals surface area contributed by atoms with Gasteiger partial charge in [0.1, 0.15) is 0 Å². The summed E-state index contributed by atoms with van der Waals surface area (Å²) in [6.45, 7) is 5.26. The van der Waals surface area contributed by atoms with Crippen LogP contribution in [0.15, 0.2) is 48.5 Å². The van der Waals surface area contributed by atoms with Gasteiger partial charge in [-0.05, 0) is 37.6 Å². The Morgan fingerprint density at radius 2 is 1.78 bits per heavy atom. The Labute approximate surface area is 107 Å². The Morgan fingerprint density at radius 1 is 1.00 bits per heavy atom. The Kier molecular flexibility index (Phi) is 2.67. The fraction of sp³-hybridized carbons (Fsp3) is 0.176. The molecule has 0 amide bonds. The molecule has 1 nitrogen and oxygen atoms in total. The Bertz CT molecular complexity index is 732. The van der Waals surface area contributed by atoms with Gasteiger partial charge in [0, 0.05) is 28.4 Å². The largest absolute Gasteiger partial charge is 0.341 e. The zero-order chi connectivity index (χ0) is 12.5. The summed E-state index contributed by atoms with van der Waals surface area (Å²) in [5, 5.41) is 2.70. The lowest BCUT2D eigenvalue weighted by molar-refractivity contribution is 0.827. The first kappa shape index (κ1) is 11.1. The second kappa shape index (κ2) is 4.34. The van der Waals surface area contributed by atoms with Crippen LogP contribution in [0.1, 0.15) is 19.4 Å². The number of rotatable bonds is 2. The molecule has 1 heterocycles. The Hall–Kier alpha value is -2.02. The topological polar surface area (TPSA) is 4.93 Å². The fourth-order valence-electron chi connectivity index (χ4n) is 2.71. The third-order valence-electron chi connectivity index (χ3n) is 3.47. The molecule has 0 aliphatic heterocycles. The summed E-state index contributed by atoms with van der Waals surface area (Å²) in [7, 11) is 0. The molecule has 0 radical (unpaired) electrons. The van der Waals surface area contributed by atoms with E-state index in [4.69, 9.17) is 0 Å². The van der Waals surface area contributed by atoms with Crippen molar-refractivity contribution in [2.24, 2.45) is 0 Å². The molecule has 3 aromatic rings. The SMILES string of the molecule is C/C=C/c1ccc2c(c1)c1ccccc1n2CC. The maximum absolute atomic E-state index is 2.38. The third-order valence-corrected chi connectivity index (χ3v) is 3.47. The summed E-state index contributed by atoms with van der Waals surface area (Å²) in [4.78, 5) is 0. The minimum Gasteiger partial charge on any atom is -0.341 e. The monoisotopic (exact) mass is 235 g/mol. The summed E-state index contributed by atoms with van der Waals surface area (Å²) in [5.74, 6) is 0. The number of benzene rings is 2. The normalized spacial score (nSPS) is 11.9. The molecule has 0 saturated carbocycles. The first-order valence-electron chi connectivity index (χ1n) is 6.49. The number of hydrogen-bond acceptors (Lipinski definition) is 0. The molecule has 1 heteroatoms. The highest BCUT2D eigenvalue weighted by molar-refractivity contribution is 6.08. The van der Waals surface area contributed by atoms with Crippen molar-refractivity contribution >= 4 is 27.9 Å². The minimum absolute atomic E-state index is 1.01. The van der Waals surface area contributed by atoms with E-state index in [-0.39, 0.29) is 0 Å². The highest BCUT2D eigenvalue weighted by Gasteiger charge is 2.08. The number of allylic oxidation sites excluding steroid dienone is 1. The second-order valence-electron chi connectivity index (χ2n) is 4.54. The van der Waals surface area contributed by atoms with E-state index in [1.165, 1.54) is 27.4 Å². The van der Waals surface area contributed by atoms with Crippen molar-refractivity contribution in [1.82, 2.24) is 4.57 Å². The molecule has 3 rings (SSSR count). The van der Waals surface area contributed by atoms with Crippen molar-refractivity contribution in [2.75, 3.05) is 0 Å². The van der Waals surface area contributed by atoms with Gasteiger partial charge in [0.05, 0.1) is 0 Å².